The minimum Gasteiger partial charge on any atom is -0.497 e. The van der Waals surface area contributed by atoms with Crippen molar-refractivity contribution in [1.82, 2.24) is 10.2 Å². The molecule has 7 heteroatoms. The fourth-order valence-electron chi connectivity index (χ4n) is 1.78. The lowest BCUT2D eigenvalue weighted by atomic mass is 10.2. The van der Waals surface area contributed by atoms with Gasteiger partial charge in [-0.1, -0.05) is 0 Å². The van der Waals surface area contributed by atoms with E-state index >= 15 is 0 Å². The SMILES string of the molecule is COc1ccc2c(=O)cc(C(=O)NCC(=O)N(C)C)oc2c1. The Labute approximate surface area is 126 Å². The highest BCUT2D eigenvalue weighted by molar-refractivity contribution is 5.95. The second-order valence-electron chi connectivity index (χ2n) is 4.81. The van der Waals surface area contributed by atoms with Crippen LogP contribution in [0.4, 0.5) is 0 Å². The number of hydrogen-bond acceptors (Lipinski definition) is 5. The van der Waals surface area contributed by atoms with Gasteiger partial charge in [-0.3, -0.25) is 14.4 Å². The van der Waals surface area contributed by atoms with Gasteiger partial charge in [-0.2, -0.15) is 0 Å². The first-order chi connectivity index (χ1) is 10.4. The lowest BCUT2D eigenvalue weighted by molar-refractivity contribution is -0.127. The summed E-state index contributed by atoms with van der Waals surface area (Å²) in [6, 6.07) is 5.83. The van der Waals surface area contributed by atoms with Gasteiger partial charge >= 0.3 is 0 Å². The van der Waals surface area contributed by atoms with Gasteiger partial charge in [0.05, 0.1) is 19.0 Å². The largest absolute Gasteiger partial charge is 0.497 e. The molecule has 0 unspecified atom stereocenters. The maximum absolute atomic E-state index is 12.0. The zero-order valence-electron chi connectivity index (χ0n) is 12.5. The molecule has 1 heterocycles. The Hall–Kier alpha value is -2.83. The summed E-state index contributed by atoms with van der Waals surface area (Å²) < 4.78 is 10.5. The molecule has 1 aromatic carbocycles. The van der Waals surface area contributed by atoms with Gasteiger partial charge in [-0.15, -0.1) is 0 Å². The summed E-state index contributed by atoms with van der Waals surface area (Å²) in [7, 11) is 4.65. The quantitative estimate of drug-likeness (QED) is 0.894. The molecule has 0 aliphatic rings. The molecule has 0 atom stereocenters. The minimum absolute atomic E-state index is 0.155. The highest BCUT2D eigenvalue weighted by Gasteiger charge is 2.14. The molecule has 2 aromatic rings. The molecule has 0 bridgehead atoms. The molecule has 116 valence electrons. The molecule has 2 rings (SSSR count). The van der Waals surface area contributed by atoms with Gasteiger partial charge in [0.15, 0.2) is 11.2 Å². The molecule has 1 N–H and O–H groups in total. The van der Waals surface area contributed by atoms with Crippen LogP contribution in [0.15, 0.2) is 33.5 Å². The number of amides is 2. The highest BCUT2D eigenvalue weighted by atomic mass is 16.5. The summed E-state index contributed by atoms with van der Waals surface area (Å²) in [5, 5.41) is 2.76. The predicted octanol–water partition coefficient (Wildman–Crippen LogP) is 0.620. The lowest BCUT2D eigenvalue weighted by Crippen LogP contribution is -2.36. The third kappa shape index (κ3) is 3.25. The average molecular weight is 304 g/mol. The maximum Gasteiger partial charge on any atom is 0.287 e. The van der Waals surface area contributed by atoms with Crippen LogP contribution in [0.5, 0.6) is 5.75 Å². The van der Waals surface area contributed by atoms with Gasteiger partial charge in [-0.25, -0.2) is 0 Å². The van der Waals surface area contributed by atoms with Crippen molar-refractivity contribution in [3.63, 3.8) is 0 Å². The summed E-state index contributed by atoms with van der Waals surface area (Å²) >= 11 is 0. The van der Waals surface area contributed by atoms with Gasteiger partial charge in [0, 0.05) is 26.2 Å². The fourth-order valence-corrected chi connectivity index (χ4v) is 1.78. The monoisotopic (exact) mass is 304 g/mol. The van der Waals surface area contributed by atoms with Crippen molar-refractivity contribution in [1.29, 1.82) is 0 Å². The van der Waals surface area contributed by atoms with E-state index in [4.69, 9.17) is 9.15 Å². The van der Waals surface area contributed by atoms with Gasteiger partial charge in [0.25, 0.3) is 5.91 Å². The molecule has 2 amide bonds. The van der Waals surface area contributed by atoms with Crippen LogP contribution in [0.3, 0.4) is 0 Å². The average Bonchev–Trinajstić information content (AvgIpc) is 2.51. The second-order valence-corrected chi connectivity index (χ2v) is 4.81. The van der Waals surface area contributed by atoms with Gasteiger partial charge in [0.2, 0.25) is 5.91 Å². The highest BCUT2D eigenvalue weighted by Crippen LogP contribution is 2.19. The van der Waals surface area contributed by atoms with Crippen LogP contribution >= 0.6 is 0 Å². The number of carbonyl (C=O) groups excluding carboxylic acids is 2. The van der Waals surface area contributed by atoms with E-state index < -0.39 is 5.91 Å². The smallest absolute Gasteiger partial charge is 0.287 e. The Bertz CT molecular complexity index is 779. The topological polar surface area (TPSA) is 88.8 Å². The van der Waals surface area contributed by atoms with Crippen molar-refractivity contribution in [3.05, 3.63) is 40.2 Å². The molecular weight excluding hydrogens is 288 g/mol. The molecule has 0 spiro atoms. The van der Waals surface area contributed by atoms with Crippen molar-refractivity contribution in [2.24, 2.45) is 0 Å². The van der Waals surface area contributed by atoms with Crippen molar-refractivity contribution in [2.75, 3.05) is 27.7 Å². The molecular formula is C15H16N2O5. The lowest BCUT2D eigenvalue weighted by Gasteiger charge is -2.10. The molecule has 22 heavy (non-hydrogen) atoms. The first-order valence-electron chi connectivity index (χ1n) is 6.52. The van der Waals surface area contributed by atoms with E-state index in [1.165, 1.54) is 18.1 Å². The number of nitrogens with one attached hydrogen (secondary N) is 1. The molecule has 0 aliphatic carbocycles. The number of fused-ring (bicyclic) bond motifs is 1. The van der Waals surface area contributed by atoms with Gasteiger partial charge in [-0.05, 0) is 12.1 Å². The van der Waals surface area contributed by atoms with Crippen LogP contribution in [-0.2, 0) is 4.79 Å². The van der Waals surface area contributed by atoms with Crippen LogP contribution in [0.25, 0.3) is 11.0 Å². The fraction of sp³-hybridized carbons (Fsp3) is 0.267. The molecule has 0 radical (unpaired) electrons. The number of carbonyl (C=O) groups is 2. The van der Waals surface area contributed by atoms with E-state index in [9.17, 15) is 14.4 Å². The van der Waals surface area contributed by atoms with Crippen molar-refractivity contribution in [3.8, 4) is 5.75 Å². The summed E-state index contributed by atoms with van der Waals surface area (Å²) in [5.41, 5.74) is -0.0936. The van der Waals surface area contributed by atoms with Crippen LogP contribution in [0.2, 0.25) is 0 Å². The van der Waals surface area contributed by atoms with Crippen LogP contribution in [-0.4, -0.2) is 44.5 Å². The Morgan fingerprint density at radius 2 is 2.00 bits per heavy atom. The number of nitrogens with zero attached hydrogens (tertiary/aromatic N) is 1. The number of hydrogen-bond donors (Lipinski definition) is 1. The van der Waals surface area contributed by atoms with E-state index in [2.05, 4.69) is 5.32 Å². The summed E-state index contributed by atoms with van der Waals surface area (Å²) in [5.74, 6) is -0.538. The van der Waals surface area contributed by atoms with Gasteiger partial charge < -0.3 is 19.4 Å². The Kier molecular flexibility index (Phi) is 4.45. The molecule has 0 aliphatic heterocycles. The Morgan fingerprint density at radius 3 is 2.64 bits per heavy atom. The number of likely N-dealkylation sites (N-methyl/N-ethyl adjacent to an activating group) is 1. The van der Waals surface area contributed by atoms with E-state index in [1.54, 1.807) is 26.2 Å². The van der Waals surface area contributed by atoms with E-state index in [1.807, 2.05) is 0 Å². The number of rotatable bonds is 4. The zero-order valence-corrected chi connectivity index (χ0v) is 12.5. The van der Waals surface area contributed by atoms with Crippen LogP contribution < -0.4 is 15.5 Å². The number of benzene rings is 1. The normalized spacial score (nSPS) is 10.3. The van der Waals surface area contributed by atoms with Crippen molar-refractivity contribution in [2.45, 2.75) is 0 Å². The first kappa shape index (κ1) is 15.6. The maximum atomic E-state index is 12.0. The number of ether oxygens (including phenoxy) is 1. The van der Waals surface area contributed by atoms with Crippen molar-refractivity contribution >= 4 is 22.8 Å². The van der Waals surface area contributed by atoms with E-state index in [0.29, 0.717) is 11.1 Å². The van der Waals surface area contributed by atoms with Crippen LogP contribution in [0.1, 0.15) is 10.6 Å². The standard InChI is InChI=1S/C15H16N2O5/c1-17(2)14(19)8-16-15(20)13-7-11(18)10-5-4-9(21-3)6-12(10)22-13/h4-7H,8H2,1-3H3,(H,16,20). The second kappa shape index (κ2) is 6.30. The first-order valence-corrected chi connectivity index (χ1v) is 6.52. The molecule has 0 saturated carbocycles. The van der Waals surface area contributed by atoms with Gasteiger partial charge in [0.1, 0.15) is 11.3 Å². The van der Waals surface area contributed by atoms with E-state index in [0.717, 1.165) is 6.07 Å². The summed E-state index contributed by atoms with van der Waals surface area (Å²) in [4.78, 5) is 36.8. The summed E-state index contributed by atoms with van der Waals surface area (Å²) in [6.45, 7) is -0.175. The third-order valence-electron chi connectivity index (χ3n) is 3.06. The molecule has 1 aromatic heterocycles. The third-order valence-corrected chi connectivity index (χ3v) is 3.06. The van der Waals surface area contributed by atoms with Crippen molar-refractivity contribution < 1.29 is 18.7 Å². The summed E-state index contributed by atoms with van der Waals surface area (Å²) in [6.07, 6.45) is 0. The molecule has 0 fully saturated rings. The van der Waals surface area contributed by atoms with Crippen LogP contribution in [0, 0.1) is 0 Å². The van der Waals surface area contributed by atoms with E-state index in [-0.39, 0.29) is 29.2 Å². The number of methoxy groups -OCH3 is 1. The molecule has 0 saturated heterocycles. The Morgan fingerprint density at radius 1 is 1.27 bits per heavy atom. The zero-order chi connectivity index (χ0) is 16.3. The Balaban J connectivity index is 2.29. The molecule has 7 nitrogen and oxygen atoms in total. The predicted molar refractivity (Wildman–Crippen MR) is 80.1 cm³/mol. The minimum atomic E-state index is -0.628.